The minimum atomic E-state index is -3.69. The van der Waals surface area contributed by atoms with Gasteiger partial charge in [-0.25, -0.2) is 8.42 Å². The lowest BCUT2D eigenvalue weighted by molar-refractivity contribution is 0.0996. The van der Waals surface area contributed by atoms with E-state index in [1.165, 1.54) is 22.7 Å². The van der Waals surface area contributed by atoms with Gasteiger partial charge >= 0.3 is 0 Å². The van der Waals surface area contributed by atoms with E-state index in [0.717, 1.165) is 12.1 Å². The van der Waals surface area contributed by atoms with Crippen molar-refractivity contribution in [3.05, 3.63) is 82.7 Å². The number of hydrogen-bond donors (Lipinski definition) is 1. The van der Waals surface area contributed by atoms with Crippen LogP contribution in [0, 0.1) is 5.92 Å². The highest BCUT2D eigenvalue weighted by atomic mass is 32.2. The van der Waals surface area contributed by atoms with E-state index in [1.807, 2.05) is 6.07 Å². The Kier molecular flexibility index (Phi) is 4.79. The fourth-order valence-corrected chi connectivity index (χ4v) is 6.07. The fraction of sp³-hybridized carbons (Fsp3) is 0.273. The van der Waals surface area contributed by atoms with Crippen LogP contribution in [0.3, 0.4) is 0 Å². The molecule has 1 amide bonds. The Morgan fingerprint density at radius 1 is 1.00 bits per heavy atom. The van der Waals surface area contributed by atoms with Crippen molar-refractivity contribution in [1.82, 2.24) is 8.87 Å². The third-order valence-electron chi connectivity index (χ3n) is 5.94. The van der Waals surface area contributed by atoms with E-state index < -0.39 is 15.9 Å². The van der Waals surface area contributed by atoms with Crippen LogP contribution in [-0.2, 0) is 16.6 Å². The number of amides is 1. The van der Waals surface area contributed by atoms with E-state index >= 15 is 0 Å². The van der Waals surface area contributed by atoms with Crippen LogP contribution in [0.1, 0.15) is 28.6 Å². The van der Waals surface area contributed by atoms with Gasteiger partial charge in [-0.2, -0.15) is 4.31 Å². The number of furan rings is 1. The minimum absolute atomic E-state index is 0.00281. The summed E-state index contributed by atoms with van der Waals surface area (Å²) < 4.78 is 34.9. The van der Waals surface area contributed by atoms with Crippen LogP contribution < -0.4 is 10.9 Å². The Morgan fingerprint density at radius 3 is 2.55 bits per heavy atom. The van der Waals surface area contributed by atoms with Gasteiger partial charge in [-0.05, 0) is 54.8 Å². The van der Waals surface area contributed by atoms with Gasteiger partial charge in [0, 0.05) is 43.0 Å². The number of benzene rings is 1. The predicted molar refractivity (Wildman–Crippen MR) is 113 cm³/mol. The molecule has 1 saturated heterocycles. The first-order valence-electron chi connectivity index (χ1n) is 10.1. The largest absolute Gasteiger partial charge is 0.459 e. The second-order valence-corrected chi connectivity index (χ2v) is 9.91. The maximum Gasteiger partial charge on any atom is 0.291 e. The van der Waals surface area contributed by atoms with Crippen LogP contribution in [0.5, 0.6) is 0 Å². The van der Waals surface area contributed by atoms with Crippen LogP contribution >= 0.6 is 0 Å². The van der Waals surface area contributed by atoms with Gasteiger partial charge in [0.2, 0.25) is 10.0 Å². The number of anilines is 1. The third kappa shape index (κ3) is 3.60. The van der Waals surface area contributed by atoms with Crippen molar-refractivity contribution in [2.45, 2.75) is 23.8 Å². The van der Waals surface area contributed by atoms with Gasteiger partial charge in [0.15, 0.2) is 5.76 Å². The summed E-state index contributed by atoms with van der Waals surface area (Å²) in [7, 11) is -3.69. The van der Waals surface area contributed by atoms with E-state index in [-0.39, 0.29) is 28.1 Å². The summed E-state index contributed by atoms with van der Waals surface area (Å²) in [6, 6.07) is 14.5. The van der Waals surface area contributed by atoms with Crippen LogP contribution in [0.15, 0.2) is 75.0 Å². The molecule has 0 aliphatic carbocycles. The molecular weight excluding hydrogens is 418 g/mol. The first-order chi connectivity index (χ1) is 14.9. The van der Waals surface area contributed by atoms with Crippen LogP contribution in [0.2, 0.25) is 0 Å². The molecule has 4 heterocycles. The Hall–Kier alpha value is -3.17. The number of carbonyl (C=O) groups is 1. The number of piperidine rings is 1. The Labute approximate surface area is 179 Å². The zero-order valence-electron chi connectivity index (χ0n) is 16.6. The highest BCUT2D eigenvalue weighted by Crippen LogP contribution is 2.37. The van der Waals surface area contributed by atoms with Gasteiger partial charge in [-0.1, -0.05) is 6.07 Å². The summed E-state index contributed by atoms with van der Waals surface area (Å²) in [5.41, 5.74) is 1.35. The van der Waals surface area contributed by atoms with Crippen molar-refractivity contribution in [3.8, 4) is 0 Å². The molecule has 1 N–H and O–H groups in total. The second kappa shape index (κ2) is 7.51. The maximum absolute atomic E-state index is 13.3. The summed E-state index contributed by atoms with van der Waals surface area (Å²) in [6.07, 6.45) is 2.29. The van der Waals surface area contributed by atoms with Gasteiger partial charge in [-0.15, -0.1) is 0 Å². The smallest absolute Gasteiger partial charge is 0.291 e. The number of rotatable bonds is 4. The lowest BCUT2D eigenvalue weighted by Gasteiger charge is -2.42. The summed E-state index contributed by atoms with van der Waals surface area (Å²) in [4.78, 5) is 24.4. The summed E-state index contributed by atoms with van der Waals surface area (Å²) in [5, 5.41) is 2.68. The molecule has 2 aliphatic rings. The van der Waals surface area contributed by atoms with Gasteiger partial charge in [0.25, 0.3) is 11.5 Å². The summed E-state index contributed by atoms with van der Waals surface area (Å²) in [5.74, 6) is -0.120. The first kappa shape index (κ1) is 19.8. The number of nitrogens with one attached hydrogen (secondary N) is 1. The number of pyridine rings is 1. The quantitative estimate of drug-likeness (QED) is 0.673. The van der Waals surface area contributed by atoms with Crippen molar-refractivity contribution < 1.29 is 17.6 Å². The number of nitrogens with zero attached hydrogens (tertiary/aromatic N) is 2. The Balaban J connectivity index is 1.35. The molecule has 1 aromatic carbocycles. The molecule has 5 rings (SSSR count). The topological polar surface area (TPSA) is 102 Å². The molecule has 31 heavy (non-hydrogen) atoms. The number of hydrogen-bond acceptors (Lipinski definition) is 5. The first-order valence-corrected chi connectivity index (χ1v) is 11.5. The lowest BCUT2D eigenvalue weighted by Crippen LogP contribution is -2.48. The second-order valence-electron chi connectivity index (χ2n) is 7.98. The van der Waals surface area contributed by atoms with Crippen molar-refractivity contribution in [1.29, 1.82) is 0 Å². The van der Waals surface area contributed by atoms with E-state index in [9.17, 15) is 18.0 Å². The molecule has 0 unspecified atom stereocenters. The average Bonchev–Trinajstić information content (AvgIpc) is 3.30. The molecule has 0 saturated carbocycles. The molecule has 2 aromatic heterocycles. The standard InChI is InChI=1S/C22H21N3O5S/c26-21-5-1-3-19-16-11-15(13-25(19)21)12-24(14-16)31(28,29)18-8-6-17(7-9-18)23-22(27)20-4-2-10-30-20/h1-10,15-16H,11-14H2,(H,23,27)/t15-,16+/m0/s1. The SMILES string of the molecule is O=C(Nc1ccc(S(=O)(=O)N2C[C@@H]3C[C@H](C2)c2cccc(=O)n2C3)cc1)c1ccco1. The van der Waals surface area contributed by atoms with E-state index in [1.54, 1.807) is 41.0 Å². The number of fused-ring (bicyclic) bond motifs is 4. The van der Waals surface area contributed by atoms with E-state index in [4.69, 9.17) is 4.42 Å². The van der Waals surface area contributed by atoms with Crippen LogP contribution in [0.4, 0.5) is 5.69 Å². The third-order valence-corrected chi connectivity index (χ3v) is 7.79. The molecule has 3 aromatic rings. The summed E-state index contributed by atoms with van der Waals surface area (Å²) in [6.45, 7) is 1.27. The van der Waals surface area contributed by atoms with Gasteiger partial charge in [-0.3, -0.25) is 9.59 Å². The molecule has 2 aliphatic heterocycles. The molecule has 0 radical (unpaired) electrons. The summed E-state index contributed by atoms with van der Waals surface area (Å²) >= 11 is 0. The molecular formula is C22H21N3O5S. The van der Waals surface area contributed by atoms with E-state index in [0.29, 0.717) is 25.3 Å². The zero-order chi connectivity index (χ0) is 21.6. The highest BCUT2D eigenvalue weighted by Gasteiger charge is 2.39. The van der Waals surface area contributed by atoms with Crippen LogP contribution in [-0.4, -0.2) is 36.3 Å². The normalized spacial score (nSPS) is 20.8. The van der Waals surface area contributed by atoms with Crippen molar-refractivity contribution in [3.63, 3.8) is 0 Å². The molecule has 2 bridgehead atoms. The van der Waals surface area contributed by atoms with Crippen molar-refractivity contribution in [2.24, 2.45) is 5.92 Å². The highest BCUT2D eigenvalue weighted by molar-refractivity contribution is 7.89. The predicted octanol–water partition coefficient (Wildman–Crippen LogP) is 2.50. The molecule has 2 atom stereocenters. The monoisotopic (exact) mass is 439 g/mol. The number of sulfonamides is 1. The van der Waals surface area contributed by atoms with Gasteiger partial charge in [0.05, 0.1) is 11.2 Å². The van der Waals surface area contributed by atoms with Gasteiger partial charge < -0.3 is 14.3 Å². The molecule has 0 spiro atoms. The Bertz CT molecular complexity index is 1280. The minimum Gasteiger partial charge on any atom is -0.459 e. The molecule has 9 heteroatoms. The molecule has 8 nitrogen and oxygen atoms in total. The number of aromatic nitrogens is 1. The molecule has 1 fully saturated rings. The average molecular weight is 439 g/mol. The maximum atomic E-state index is 13.3. The van der Waals surface area contributed by atoms with Crippen molar-refractivity contribution >= 4 is 21.6 Å². The van der Waals surface area contributed by atoms with Crippen LogP contribution in [0.25, 0.3) is 0 Å². The van der Waals surface area contributed by atoms with E-state index in [2.05, 4.69) is 5.32 Å². The van der Waals surface area contributed by atoms with Gasteiger partial charge in [0.1, 0.15) is 0 Å². The number of carbonyl (C=O) groups excluding carboxylic acids is 1. The molecule has 160 valence electrons. The lowest BCUT2D eigenvalue weighted by atomic mass is 9.84. The van der Waals surface area contributed by atoms with Crippen molar-refractivity contribution in [2.75, 3.05) is 18.4 Å². The zero-order valence-corrected chi connectivity index (χ0v) is 17.4. The fourth-order valence-electron chi connectivity index (χ4n) is 4.51. The Morgan fingerprint density at radius 2 is 1.81 bits per heavy atom.